The van der Waals surface area contributed by atoms with Crippen LogP contribution in [0.4, 0.5) is 0 Å². The van der Waals surface area contributed by atoms with Crippen LogP contribution in [0.1, 0.15) is 29.8 Å². The van der Waals surface area contributed by atoms with Crippen molar-refractivity contribution in [1.82, 2.24) is 15.2 Å². The highest BCUT2D eigenvalue weighted by molar-refractivity contribution is 5.78. The molecule has 1 aromatic heterocycles. The van der Waals surface area contributed by atoms with Crippen molar-refractivity contribution in [3.05, 3.63) is 59.4 Å². The van der Waals surface area contributed by atoms with Gasteiger partial charge in [0.25, 0.3) is 0 Å². The summed E-state index contributed by atoms with van der Waals surface area (Å²) in [5.74, 6) is 0.800. The number of pyridine rings is 1. The van der Waals surface area contributed by atoms with Crippen molar-refractivity contribution < 1.29 is 9.53 Å². The maximum Gasteiger partial charge on any atom is 0.234 e. The summed E-state index contributed by atoms with van der Waals surface area (Å²) in [6.07, 6.45) is 1.80. The second-order valence-corrected chi connectivity index (χ2v) is 5.79. The first-order valence-corrected chi connectivity index (χ1v) is 7.75. The van der Waals surface area contributed by atoms with Gasteiger partial charge in [0.05, 0.1) is 25.4 Å². The lowest BCUT2D eigenvalue weighted by Gasteiger charge is -2.19. The van der Waals surface area contributed by atoms with Gasteiger partial charge in [0.2, 0.25) is 5.91 Å². The number of amides is 1. The number of para-hydroxylation sites is 1. The lowest BCUT2D eigenvalue weighted by atomic mass is 10.1. The van der Waals surface area contributed by atoms with Gasteiger partial charge in [-0.15, -0.1) is 0 Å². The summed E-state index contributed by atoms with van der Waals surface area (Å²) in [7, 11) is 1.64. The van der Waals surface area contributed by atoms with Crippen LogP contribution in [0.5, 0.6) is 5.75 Å². The number of carbonyl (C=O) groups is 1. The van der Waals surface area contributed by atoms with Gasteiger partial charge in [-0.3, -0.25) is 14.7 Å². The van der Waals surface area contributed by atoms with Gasteiger partial charge < -0.3 is 10.1 Å². The highest BCUT2D eigenvalue weighted by atomic mass is 16.5. The maximum atomic E-state index is 12.3. The number of hydrogen-bond acceptors (Lipinski definition) is 4. The summed E-state index contributed by atoms with van der Waals surface area (Å²) in [5, 5.41) is 3.04. The summed E-state index contributed by atoms with van der Waals surface area (Å²) in [6, 6.07) is 11.7. The topological polar surface area (TPSA) is 54.5 Å². The molecule has 0 saturated heterocycles. The van der Waals surface area contributed by atoms with Gasteiger partial charge in [-0.1, -0.05) is 24.3 Å². The summed E-state index contributed by atoms with van der Waals surface area (Å²) < 4.78 is 5.35. The molecular weight excluding hydrogens is 290 g/mol. The first-order chi connectivity index (χ1) is 11.2. The molecule has 23 heavy (non-hydrogen) atoms. The minimum Gasteiger partial charge on any atom is -0.496 e. The Morgan fingerprint density at radius 2 is 2.13 bits per heavy atom. The quantitative estimate of drug-likeness (QED) is 0.920. The summed E-state index contributed by atoms with van der Waals surface area (Å²) in [6.45, 7) is 3.85. The molecule has 120 valence electrons. The van der Waals surface area contributed by atoms with E-state index in [0.29, 0.717) is 6.54 Å². The minimum atomic E-state index is -0.0956. The normalized spacial score (nSPS) is 15.0. The zero-order valence-corrected chi connectivity index (χ0v) is 13.5. The van der Waals surface area contributed by atoms with E-state index in [4.69, 9.17) is 4.74 Å². The van der Waals surface area contributed by atoms with Gasteiger partial charge in [-0.2, -0.15) is 0 Å². The molecule has 0 radical (unpaired) electrons. The molecule has 1 N–H and O–H groups in total. The third kappa shape index (κ3) is 3.51. The molecular formula is C18H21N3O2. The van der Waals surface area contributed by atoms with E-state index in [0.717, 1.165) is 30.1 Å². The van der Waals surface area contributed by atoms with Crippen molar-refractivity contribution in [1.29, 1.82) is 0 Å². The van der Waals surface area contributed by atoms with Crippen LogP contribution in [-0.2, 0) is 17.9 Å². The van der Waals surface area contributed by atoms with E-state index in [-0.39, 0.29) is 11.9 Å². The van der Waals surface area contributed by atoms with Crippen LogP contribution in [0.25, 0.3) is 0 Å². The Bertz CT molecular complexity index is 677. The molecule has 0 aliphatic carbocycles. The molecule has 0 unspecified atom stereocenters. The summed E-state index contributed by atoms with van der Waals surface area (Å²) in [4.78, 5) is 18.8. The van der Waals surface area contributed by atoms with Crippen molar-refractivity contribution in [2.75, 3.05) is 13.7 Å². The Hall–Kier alpha value is -2.40. The number of methoxy groups -OCH3 is 1. The fourth-order valence-corrected chi connectivity index (χ4v) is 2.97. The molecule has 1 atom stereocenters. The zero-order chi connectivity index (χ0) is 16.2. The van der Waals surface area contributed by atoms with Gasteiger partial charge in [0, 0.05) is 24.8 Å². The molecule has 0 spiro atoms. The molecule has 0 fully saturated rings. The van der Waals surface area contributed by atoms with Crippen LogP contribution < -0.4 is 10.1 Å². The number of hydrogen-bond donors (Lipinski definition) is 1. The van der Waals surface area contributed by atoms with Gasteiger partial charge in [-0.25, -0.2) is 0 Å². The van der Waals surface area contributed by atoms with E-state index in [1.165, 1.54) is 5.56 Å². The highest BCUT2D eigenvalue weighted by Gasteiger charge is 2.22. The number of ether oxygens (including phenoxy) is 1. The Morgan fingerprint density at radius 1 is 1.30 bits per heavy atom. The molecule has 3 rings (SSSR count). The molecule has 5 heteroatoms. The molecule has 1 amide bonds. The Morgan fingerprint density at radius 3 is 2.91 bits per heavy atom. The van der Waals surface area contributed by atoms with Gasteiger partial charge in [0.1, 0.15) is 5.75 Å². The first kappa shape index (κ1) is 15.5. The van der Waals surface area contributed by atoms with E-state index in [2.05, 4.69) is 21.3 Å². The second-order valence-electron chi connectivity index (χ2n) is 5.79. The monoisotopic (exact) mass is 311 g/mol. The smallest absolute Gasteiger partial charge is 0.234 e. The van der Waals surface area contributed by atoms with E-state index < -0.39 is 0 Å². The van der Waals surface area contributed by atoms with Crippen LogP contribution >= 0.6 is 0 Å². The van der Waals surface area contributed by atoms with Crippen molar-refractivity contribution in [3.8, 4) is 5.75 Å². The van der Waals surface area contributed by atoms with Crippen LogP contribution in [0, 0.1) is 0 Å². The number of benzene rings is 1. The molecule has 1 aromatic carbocycles. The van der Waals surface area contributed by atoms with E-state index in [1.54, 1.807) is 13.3 Å². The van der Waals surface area contributed by atoms with Crippen LogP contribution in [0.3, 0.4) is 0 Å². The molecule has 5 nitrogen and oxygen atoms in total. The van der Waals surface area contributed by atoms with Gasteiger partial charge in [-0.05, 0) is 24.6 Å². The number of rotatable bonds is 5. The fraction of sp³-hybridized carbons (Fsp3) is 0.333. The highest BCUT2D eigenvalue weighted by Crippen LogP contribution is 2.24. The number of nitrogens with one attached hydrogen (secondary N) is 1. The average molecular weight is 311 g/mol. The first-order valence-electron chi connectivity index (χ1n) is 7.75. The standard InChI is InChI=1S/C18H21N3O2/c1-13(15-7-3-4-8-17(15)23-2)20-18(22)12-21-10-14-6-5-9-19-16(14)11-21/h3-9,13H,10-12H2,1-2H3,(H,20,22)/t13-/m1/s1. The van der Waals surface area contributed by atoms with Crippen molar-refractivity contribution in [2.45, 2.75) is 26.1 Å². The lowest BCUT2D eigenvalue weighted by molar-refractivity contribution is -0.123. The van der Waals surface area contributed by atoms with Gasteiger partial charge in [0.15, 0.2) is 0 Å². The lowest BCUT2D eigenvalue weighted by Crippen LogP contribution is -2.36. The third-order valence-corrected chi connectivity index (χ3v) is 4.10. The van der Waals surface area contributed by atoms with Crippen molar-refractivity contribution in [3.63, 3.8) is 0 Å². The molecule has 1 aliphatic rings. The predicted molar refractivity (Wildman–Crippen MR) is 87.9 cm³/mol. The van der Waals surface area contributed by atoms with E-state index in [9.17, 15) is 4.79 Å². The number of fused-ring (bicyclic) bond motifs is 1. The Labute approximate surface area is 136 Å². The van der Waals surface area contributed by atoms with E-state index in [1.807, 2.05) is 37.3 Å². The fourth-order valence-electron chi connectivity index (χ4n) is 2.97. The third-order valence-electron chi connectivity index (χ3n) is 4.10. The van der Waals surface area contributed by atoms with Crippen LogP contribution in [-0.4, -0.2) is 29.4 Å². The summed E-state index contributed by atoms with van der Waals surface area (Å²) >= 11 is 0. The predicted octanol–water partition coefficient (Wildman–Crippen LogP) is 2.28. The number of nitrogens with zero attached hydrogens (tertiary/aromatic N) is 2. The summed E-state index contributed by atoms with van der Waals surface area (Å²) in [5.41, 5.74) is 3.26. The number of carbonyl (C=O) groups excluding carboxylic acids is 1. The maximum absolute atomic E-state index is 12.3. The molecule has 2 aromatic rings. The average Bonchev–Trinajstić information content (AvgIpc) is 2.96. The zero-order valence-electron chi connectivity index (χ0n) is 13.5. The van der Waals surface area contributed by atoms with Crippen LogP contribution in [0.2, 0.25) is 0 Å². The minimum absolute atomic E-state index is 0.0104. The Kier molecular flexibility index (Phi) is 4.57. The number of aromatic nitrogens is 1. The van der Waals surface area contributed by atoms with Crippen molar-refractivity contribution >= 4 is 5.91 Å². The van der Waals surface area contributed by atoms with Crippen molar-refractivity contribution in [2.24, 2.45) is 0 Å². The molecule has 2 heterocycles. The second kappa shape index (κ2) is 6.79. The molecule has 0 bridgehead atoms. The Balaban J connectivity index is 1.58. The largest absolute Gasteiger partial charge is 0.496 e. The SMILES string of the molecule is COc1ccccc1[C@@H](C)NC(=O)CN1Cc2cccnc2C1. The molecule has 1 aliphatic heterocycles. The molecule has 0 saturated carbocycles. The van der Waals surface area contributed by atoms with E-state index >= 15 is 0 Å². The van der Waals surface area contributed by atoms with Crippen LogP contribution in [0.15, 0.2) is 42.6 Å². The van der Waals surface area contributed by atoms with Gasteiger partial charge >= 0.3 is 0 Å².